The predicted molar refractivity (Wildman–Crippen MR) is 66.0 cm³/mol. The van der Waals surface area contributed by atoms with Gasteiger partial charge in [0.15, 0.2) is 0 Å². The number of hydrogen-bond donors (Lipinski definition) is 0. The lowest BCUT2D eigenvalue weighted by molar-refractivity contribution is -0.127. The van der Waals surface area contributed by atoms with Gasteiger partial charge in [-0.05, 0) is 19.1 Å². The number of hydrogen-bond acceptors (Lipinski definition) is 3. The van der Waals surface area contributed by atoms with Gasteiger partial charge >= 0.3 is 0 Å². The second-order valence-corrected chi connectivity index (χ2v) is 4.97. The Bertz CT molecular complexity index is 405. The largest absolute Gasteiger partial charge is 0.320 e. The maximum Gasteiger partial charge on any atom is 0.234 e. The second-order valence-electron chi connectivity index (χ2n) is 3.90. The van der Waals surface area contributed by atoms with Crippen LogP contribution in [0.4, 0.5) is 0 Å². The summed E-state index contributed by atoms with van der Waals surface area (Å²) in [5.74, 6) is 0.706. The zero-order valence-corrected chi connectivity index (χ0v) is 10.0. The number of aromatic nitrogens is 1. The molecule has 1 atom stereocenters. The normalized spacial score (nSPS) is 20.2. The van der Waals surface area contributed by atoms with Gasteiger partial charge in [-0.3, -0.25) is 9.78 Å². The smallest absolute Gasteiger partial charge is 0.234 e. The van der Waals surface area contributed by atoms with Crippen LogP contribution in [0.2, 0.25) is 0 Å². The van der Waals surface area contributed by atoms with Gasteiger partial charge in [0.05, 0.1) is 11.4 Å². The van der Waals surface area contributed by atoms with Gasteiger partial charge in [0.25, 0.3) is 0 Å². The number of nitrogens with zero attached hydrogens (tertiary/aromatic N) is 2. The van der Waals surface area contributed by atoms with Crippen molar-refractivity contribution in [1.29, 1.82) is 0 Å². The highest BCUT2D eigenvalue weighted by Gasteiger charge is 2.33. The maximum atomic E-state index is 11.7. The van der Waals surface area contributed by atoms with Crippen molar-refractivity contribution in [2.24, 2.45) is 0 Å². The molecule has 1 amide bonds. The Morgan fingerprint density at radius 2 is 2.50 bits per heavy atom. The highest BCUT2D eigenvalue weighted by atomic mass is 32.2. The molecule has 0 aliphatic carbocycles. The molecule has 2 rings (SSSR count). The van der Waals surface area contributed by atoms with Crippen LogP contribution in [-0.2, 0) is 4.79 Å². The first kappa shape index (κ1) is 11.2. The van der Waals surface area contributed by atoms with Crippen molar-refractivity contribution in [2.75, 3.05) is 12.3 Å². The Labute approximate surface area is 99.6 Å². The van der Waals surface area contributed by atoms with Gasteiger partial charge < -0.3 is 4.90 Å². The zero-order chi connectivity index (χ0) is 11.5. The van der Waals surface area contributed by atoms with E-state index in [9.17, 15) is 4.79 Å². The molecule has 0 bridgehead atoms. The third kappa shape index (κ3) is 2.27. The summed E-state index contributed by atoms with van der Waals surface area (Å²) in [6.45, 7) is 6.41. The molecule has 0 spiro atoms. The molecule has 0 saturated carbocycles. The van der Waals surface area contributed by atoms with Crippen molar-refractivity contribution in [1.82, 2.24) is 9.88 Å². The summed E-state index contributed by atoms with van der Waals surface area (Å²) in [5, 5.41) is 0.0467. The van der Waals surface area contributed by atoms with Crippen LogP contribution >= 0.6 is 11.8 Å². The molecule has 1 unspecified atom stereocenters. The summed E-state index contributed by atoms with van der Waals surface area (Å²) in [5.41, 5.74) is 1.94. The van der Waals surface area contributed by atoms with Crippen molar-refractivity contribution < 1.29 is 4.79 Å². The minimum absolute atomic E-state index is 0.0467. The number of carbonyl (C=O) groups excluding carboxylic acids is 1. The number of pyridine rings is 1. The highest BCUT2D eigenvalue weighted by molar-refractivity contribution is 8.00. The van der Waals surface area contributed by atoms with Crippen molar-refractivity contribution in [3.8, 4) is 0 Å². The van der Waals surface area contributed by atoms with Crippen LogP contribution in [0.3, 0.4) is 0 Å². The fraction of sp³-hybridized carbons (Fsp3) is 0.333. The van der Waals surface area contributed by atoms with Crippen LogP contribution in [-0.4, -0.2) is 28.1 Å². The van der Waals surface area contributed by atoms with Crippen molar-refractivity contribution in [2.45, 2.75) is 12.3 Å². The SMILES string of the molecule is C=C(C)CN1C(=O)CSC1c1ccccn1. The summed E-state index contributed by atoms with van der Waals surface area (Å²) in [7, 11) is 0. The maximum absolute atomic E-state index is 11.7. The molecular weight excluding hydrogens is 220 g/mol. The standard InChI is InChI=1S/C12H14N2OS/c1-9(2)7-14-11(15)8-16-12(14)10-5-3-4-6-13-10/h3-6,12H,1,7-8H2,2H3. The van der Waals surface area contributed by atoms with E-state index in [1.807, 2.05) is 30.0 Å². The summed E-state index contributed by atoms with van der Waals surface area (Å²) in [6.07, 6.45) is 1.76. The van der Waals surface area contributed by atoms with Crippen molar-refractivity contribution in [3.05, 3.63) is 42.2 Å². The number of carbonyl (C=O) groups is 1. The minimum atomic E-state index is 0.0467. The third-order valence-electron chi connectivity index (χ3n) is 2.35. The van der Waals surface area contributed by atoms with Gasteiger partial charge in [0.1, 0.15) is 5.37 Å². The van der Waals surface area contributed by atoms with Crippen LogP contribution in [0.15, 0.2) is 36.5 Å². The molecule has 16 heavy (non-hydrogen) atoms. The van der Waals surface area contributed by atoms with Gasteiger partial charge in [-0.2, -0.15) is 0 Å². The lowest BCUT2D eigenvalue weighted by Crippen LogP contribution is -2.29. The topological polar surface area (TPSA) is 33.2 Å². The molecule has 0 aromatic carbocycles. The Balaban J connectivity index is 2.21. The van der Waals surface area contributed by atoms with E-state index in [1.165, 1.54) is 0 Å². The average molecular weight is 234 g/mol. The first-order valence-corrected chi connectivity index (χ1v) is 6.20. The van der Waals surface area contributed by atoms with E-state index in [0.29, 0.717) is 12.3 Å². The molecule has 84 valence electrons. The number of thioether (sulfide) groups is 1. The van der Waals surface area contributed by atoms with Crippen LogP contribution in [0.25, 0.3) is 0 Å². The molecule has 3 nitrogen and oxygen atoms in total. The first-order chi connectivity index (χ1) is 7.68. The Kier molecular flexibility index (Phi) is 3.29. The van der Waals surface area contributed by atoms with Gasteiger partial charge in [0.2, 0.25) is 5.91 Å². The molecule has 1 aliphatic rings. The van der Waals surface area contributed by atoms with Gasteiger partial charge in [-0.1, -0.05) is 18.2 Å². The molecular formula is C12H14N2OS. The van der Waals surface area contributed by atoms with Gasteiger partial charge in [-0.25, -0.2) is 0 Å². The van der Waals surface area contributed by atoms with Crippen LogP contribution in [0, 0.1) is 0 Å². The van der Waals surface area contributed by atoms with E-state index in [0.717, 1.165) is 11.3 Å². The van der Waals surface area contributed by atoms with Crippen LogP contribution < -0.4 is 0 Å². The average Bonchev–Trinajstić information content (AvgIpc) is 2.61. The fourth-order valence-corrected chi connectivity index (χ4v) is 2.83. The third-order valence-corrected chi connectivity index (χ3v) is 3.57. The Morgan fingerprint density at radius 3 is 3.12 bits per heavy atom. The lowest BCUT2D eigenvalue weighted by atomic mass is 10.2. The summed E-state index contributed by atoms with van der Waals surface area (Å²) in [6, 6.07) is 5.79. The summed E-state index contributed by atoms with van der Waals surface area (Å²) < 4.78 is 0. The van der Waals surface area contributed by atoms with E-state index in [-0.39, 0.29) is 11.3 Å². The van der Waals surface area contributed by atoms with E-state index in [4.69, 9.17) is 0 Å². The van der Waals surface area contributed by atoms with E-state index >= 15 is 0 Å². The predicted octanol–water partition coefficient (Wildman–Crippen LogP) is 2.23. The van der Waals surface area contributed by atoms with Crippen molar-refractivity contribution >= 4 is 17.7 Å². The molecule has 2 heterocycles. The Morgan fingerprint density at radius 1 is 1.69 bits per heavy atom. The quantitative estimate of drug-likeness (QED) is 0.752. The van der Waals surface area contributed by atoms with Gasteiger partial charge in [-0.15, -0.1) is 11.8 Å². The molecule has 1 fully saturated rings. The number of amides is 1. The first-order valence-electron chi connectivity index (χ1n) is 5.15. The van der Waals surface area contributed by atoms with Gasteiger partial charge in [0, 0.05) is 12.7 Å². The molecule has 0 N–H and O–H groups in total. The molecule has 4 heteroatoms. The summed E-state index contributed by atoms with van der Waals surface area (Å²) >= 11 is 1.63. The molecule has 1 aliphatic heterocycles. The Hall–Kier alpha value is -1.29. The van der Waals surface area contributed by atoms with Crippen LogP contribution in [0.1, 0.15) is 18.0 Å². The fourth-order valence-electron chi connectivity index (χ4n) is 1.68. The zero-order valence-electron chi connectivity index (χ0n) is 9.22. The molecule has 0 radical (unpaired) electrons. The van der Waals surface area contributed by atoms with E-state index < -0.39 is 0 Å². The van der Waals surface area contributed by atoms with E-state index in [1.54, 1.807) is 18.0 Å². The van der Waals surface area contributed by atoms with Crippen molar-refractivity contribution in [3.63, 3.8) is 0 Å². The molecule has 1 aromatic heterocycles. The van der Waals surface area contributed by atoms with E-state index in [2.05, 4.69) is 11.6 Å². The molecule has 1 aromatic rings. The minimum Gasteiger partial charge on any atom is -0.320 e. The number of rotatable bonds is 3. The molecule has 1 saturated heterocycles. The monoisotopic (exact) mass is 234 g/mol. The summed E-state index contributed by atoms with van der Waals surface area (Å²) in [4.78, 5) is 17.9. The second kappa shape index (κ2) is 4.70. The lowest BCUT2D eigenvalue weighted by Gasteiger charge is -2.23. The van der Waals surface area contributed by atoms with Crippen LogP contribution in [0.5, 0.6) is 0 Å². The highest BCUT2D eigenvalue weighted by Crippen LogP contribution is 2.37.